The third-order valence-corrected chi connectivity index (χ3v) is 2.78. The molecule has 6 nitrogen and oxygen atoms in total. The molecule has 0 aromatic rings. The van der Waals surface area contributed by atoms with Gasteiger partial charge in [0.2, 0.25) is 5.91 Å². The summed E-state index contributed by atoms with van der Waals surface area (Å²) in [6.45, 7) is 1.19. The summed E-state index contributed by atoms with van der Waals surface area (Å²) in [7, 11) is 1.61. The van der Waals surface area contributed by atoms with Gasteiger partial charge in [-0.15, -0.1) is 0 Å². The lowest BCUT2D eigenvalue weighted by Gasteiger charge is -2.20. The molecular formula is C10H18N2O4. The van der Waals surface area contributed by atoms with Gasteiger partial charge in [-0.3, -0.25) is 9.59 Å². The van der Waals surface area contributed by atoms with Crippen LogP contribution < -0.4 is 5.73 Å². The third-order valence-electron chi connectivity index (χ3n) is 2.78. The van der Waals surface area contributed by atoms with Gasteiger partial charge in [0.1, 0.15) is 0 Å². The van der Waals surface area contributed by atoms with Crippen LogP contribution in [0.5, 0.6) is 0 Å². The lowest BCUT2D eigenvalue weighted by Crippen LogP contribution is -2.43. The highest BCUT2D eigenvalue weighted by Gasteiger charge is 2.29. The van der Waals surface area contributed by atoms with E-state index in [1.54, 1.807) is 12.0 Å². The average molecular weight is 230 g/mol. The Balaban J connectivity index is 2.36. The normalized spacial score (nSPS) is 22.1. The number of likely N-dealkylation sites (tertiary alicyclic amines) is 1. The van der Waals surface area contributed by atoms with Gasteiger partial charge in [0.15, 0.2) is 0 Å². The maximum Gasteiger partial charge on any atom is 0.303 e. The van der Waals surface area contributed by atoms with Crippen molar-refractivity contribution in [1.29, 1.82) is 0 Å². The number of aliphatic carboxylic acids is 1. The van der Waals surface area contributed by atoms with Crippen molar-refractivity contribution >= 4 is 11.9 Å². The number of rotatable bonds is 5. The molecule has 92 valence electrons. The van der Waals surface area contributed by atoms with Gasteiger partial charge in [0.05, 0.1) is 12.1 Å². The first kappa shape index (κ1) is 12.9. The highest BCUT2D eigenvalue weighted by molar-refractivity contribution is 5.82. The summed E-state index contributed by atoms with van der Waals surface area (Å²) < 4.78 is 5.14. The number of hydrogen-bond acceptors (Lipinski definition) is 4. The van der Waals surface area contributed by atoms with E-state index in [0.717, 1.165) is 6.42 Å². The summed E-state index contributed by atoms with van der Waals surface area (Å²) in [4.78, 5) is 23.8. The van der Waals surface area contributed by atoms with Gasteiger partial charge in [0.25, 0.3) is 0 Å². The smallest absolute Gasteiger partial charge is 0.303 e. The molecular weight excluding hydrogens is 212 g/mol. The van der Waals surface area contributed by atoms with Crippen LogP contribution in [-0.2, 0) is 14.3 Å². The van der Waals surface area contributed by atoms with Gasteiger partial charge in [0, 0.05) is 26.6 Å². The molecule has 1 heterocycles. The minimum absolute atomic E-state index is 0.0749. The van der Waals surface area contributed by atoms with Crippen molar-refractivity contribution < 1.29 is 19.4 Å². The molecule has 1 amide bonds. The zero-order valence-electron chi connectivity index (χ0n) is 9.39. The molecule has 1 aliphatic rings. The van der Waals surface area contributed by atoms with Gasteiger partial charge in [-0.05, 0) is 12.8 Å². The molecule has 16 heavy (non-hydrogen) atoms. The Morgan fingerprint density at radius 2 is 2.31 bits per heavy atom. The minimum atomic E-state index is -0.931. The maximum atomic E-state index is 11.8. The first-order valence-corrected chi connectivity index (χ1v) is 5.33. The van der Waals surface area contributed by atoms with Crippen molar-refractivity contribution in [2.75, 3.05) is 20.2 Å². The number of carboxylic acid groups (broad SMARTS) is 1. The second-order valence-electron chi connectivity index (χ2n) is 3.97. The van der Waals surface area contributed by atoms with Crippen molar-refractivity contribution in [3.8, 4) is 0 Å². The molecule has 0 radical (unpaired) electrons. The monoisotopic (exact) mass is 230 g/mol. The van der Waals surface area contributed by atoms with E-state index in [2.05, 4.69) is 0 Å². The summed E-state index contributed by atoms with van der Waals surface area (Å²) in [6.07, 6.45) is 1.00. The Labute approximate surface area is 94.3 Å². The summed E-state index contributed by atoms with van der Waals surface area (Å²) >= 11 is 0. The van der Waals surface area contributed by atoms with Crippen LogP contribution in [0, 0.1) is 0 Å². The number of carboxylic acids is 1. The quantitative estimate of drug-likeness (QED) is 0.659. The molecule has 0 aromatic carbocycles. The number of carbonyl (C=O) groups is 2. The maximum absolute atomic E-state index is 11.8. The van der Waals surface area contributed by atoms with Crippen LogP contribution in [0.1, 0.15) is 19.3 Å². The van der Waals surface area contributed by atoms with E-state index >= 15 is 0 Å². The molecule has 0 aromatic heterocycles. The number of methoxy groups -OCH3 is 1. The molecule has 1 saturated heterocycles. The molecule has 2 unspecified atom stereocenters. The standard InChI is InChI=1S/C10H18N2O4/c1-16-7-4-5-12(6-7)10(15)8(11)2-3-9(13)14/h7-8H,2-6,11H2,1H3,(H,13,14). The van der Waals surface area contributed by atoms with E-state index in [1.807, 2.05) is 0 Å². The number of carbonyl (C=O) groups excluding carboxylic acids is 1. The highest BCUT2D eigenvalue weighted by atomic mass is 16.5. The van der Waals surface area contributed by atoms with Crippen LogP contribution in [0.25, 0.3) is 0 Å². The summed E-state index contributed by atoms with van der Waals surface area (Å²) in [5.74, 6) is -1.11. The molecule has 0 aliphatic carbocycles. The molecule has 2 atom stereocenters. The van der Waals surface area contributed by atoms with E-state index in [4.69, 9.17) is 15.6 Å². The van der Waals surface area contributed by atoms with Crippen LogP contribution in [0.3, 0.4) is 0 Å². The van der Waals surface area contributed by atoms with Gasteiger partial charge in [-0.25, -0.2) is 0 Å². The van der Waals surface area contributed by atoms with Crippen LogP contribution in [0.15, 0.2) is 0 Å². The lowest BCUT2D eigenvalue weighted by atomic mass is 10.1. The van der Waals surface area contributed by atoms with Crippen molar-refractivity contribution in [2.45, 2.75) is 31.4 Å². The number of ether oxygens (including phenoxy) is 1. The fraction of sp³-hybridized carbons (Fsp3) is 0.800. The number of nitrogens with two attached hydrogens (primary N) is 1. The molecule has 0 saturated carbocycles. The van der Waals surface area contributed by atoms with E-state index in [1.165, 1.54) is 0 Å². The van der Waals surface area contributed by atoms with Crippen molar-refractivity contribution in [1.82, 2.24) is 4.90 Å². The summed E-state index contributed by atoms with van der Waals surface area (Å²) in [5.41, 5.74) is 5.64. The second kappa shape index (κ2) is 5.81. The Morgan fingerprint density at radius 1 is 1.62 bits per heavy atom. The zero-order chi connectivity index (χ0) is 12.1. The predicted molar refractivity (Wildman–Crippen MR) is 56.8 cm³/mol. The van der Waals surface area contributed by atoms with Crippen molar-refractivity contribution in [3.63, 3.8) is 0 Å². The first-order chi connectivity index (χ1) is 7.54. The summed E-state index contributed by atoms with van der Waals surface area (Å²) in [6, 6.07) is -0.716. The first-order valence-electron chi connectivity index (χ1n) is 5.33. The molecule has 0 spiro atoms. The molecule has 6 heteroatoms. The molecule has 1 fully saturated rings. The van der Waals surface area contributed by atoms with Crippen molar-refractivity contribution in [3.05, 3.63) is 0 Å². The van der Waals surface area contributed by atoms with Crippen LogP contribution in [-0.4, -0.2) is 54.2 Å². The van der Waals surface area contributed by atoms with E-state index in [-0.39, 0.29) is 24.9 Å². The van der Waals surface area contributed by atoms with Crippen LogP contribution in [0.2, 0.25) is 0 Å². The Morgan fingerprint density at radius 3 is 2.81 bits per heavy atom. The Hall–Kier alpha value is -1.14. The topological polar surface area (TPSA) is 92.9 Å². The number of amides is 1. The van der Waals surface area contributed by atoms with Gasteiger partial charge in [-0.1, -0.05) is 0 Å². The zero-order valence-corrected chi connectivity index (χ0v) is 9.39. The van der Waals surface area contributed by atoms with Crippen LogP contribution >= 0.6 is 0 Å². The lowest BCUT2D eigenvalue weighted by molar-refractivity contribution is -0.137. The van der Waals surface area contributed by atoms with E-state index < -0.39 is 12.0 Å². The largest absolute Gasteiger partial charge is 0.481 e. The average Bonchev–Trinajstić information content (AvgIpc) is 2.73. The Kier molecular flexibility index (Phi) is 4.70. The second-order valence-corrected chi connectivity index (χ2v) is 3.97. The highest BCUT2D eigenvalue weighted by Crippen LogP contribution is 2.13. The van der Waals surface area contributed by atoms with Crippen LogP contribution in [0.4, 0.5) is 0 Å². The molecule has 1 rings (SSSR count). The van der Waals surface area contributed by atoms with E-state index in [9.17, 15) is 9.59 Å². The van der Waals surface area contributed by atoms with Gasteiger partial charge >= 0.3 is 5.97 Å². The molecule has 3 N–H and O–H groups in total. The molecule has 1 aliphatic heterocycles. The van der Waals surface area contributed by atoms with E-state index in [0.29, 0.717) is 13.1 Å². The van der Waals surface area contributed by atoms with Gasteiger partial charge in [-0.2, -0.15) is 0 Å². The minimum Gasteiger partial charge on any atom is -0.481 e. The molecule has 0 bridgehead atoms. The fourth-order valence-electron chi connectivity index (χ4n) is 1.76. The number of hydrogen-bond donors (Lipinski definition) is 2. The SMILES string of the molecule is COC1CCN(C(=O)C(N)CCC(=O)O)C1. The van der Waals surface area contributed by atoms with Crippen molar-refractivity contribution in [2.24, 2.45) is 5.73 Å². The number of nitrogens with zero attached hydrogens (tertiary/aromatic N) is 1. The summed E-state index contributed by atoms with van der Waals surface area (Å²) in [5, 5.41) is 8.49. The Bertz CT molecular complexity index is 270. The third kappa shape index (κ3) is 3.46. The van der Waals surface area contributed by atoms with Gasteiger partial charge < -0.3 is 20.5 Å². The fourth-order valence-corrected chi connectivity index (χ4v) is 1.76. The predicted octanol–water partition coefficient (Wildman–Crippen LogP) is -0.574.